The minimum atomic E-state index is -0.980. The molecule has 1 atom stereocenters. The van der Waals surface area contributed by atoms with Gasteiger partial charge in [-0.15, -0.1) is 0 Å². The summed E-state index contributed by atoms with van der Waals surface area (Å²) in [5.41, 5.74) is 1.16. The van der Waals surface area contributed by atoms with Crippen molar-refractivity contribution in [3.8, 4) is 5.75 Å². The number of likely N-dealkylation sites (tertiary alicyclic amines) is 1. The summed E-state index contributed by atoms with van der Waals surface area (Å²) in [6.07, 6.45) is 4.66. The number of rotatable bonds is 8. The quantitative estimate of drug-likeness (QED) is 0.663. The van der Waals surface area contributed by atoms with Gasteiger partial charge in [0.25, 0.3) is 5.91 Å². The molecule has 0 aliphatic carbocycles. The first-order valence-corrected chi connectivity index (χ1v) is 11.0. The van der Waals surface area contributed by atoms with E-state index in [1.165, 1.54) is 37.8 Å². The van der Waals surface area contributed by atoms with Gasteiger partial charge in [-0.25, -0.2) is 9.97 Å². The molecule has 2 N–H and O–H groups in total. The van der Waals surface area contributed by atoms with Crippen LogP contribution in [-0.2, 0) is 11.3 Å². The number of amides is 1. The Labute approximate surface area is 183 Å². The molecular formula is C23H31N5O3. The molecule has 0 spiro atoms. The predicted molar refractivity (Wildman–Crippen MR) is 118 cm³/mol. The van der Waals surface area contributed by atoms with Crippen LogP contribution in [0, 0.1) is 6.92 Å². The SMILES string of the molecule is Cc1cc(N2CC[C@](O)(CNC(=O)COc3ccc(CN4CCCC4)cc3)C2)ncn1. The predicted octanol–water partition coefficient (Wildman–Crippen LogP) is 1.52. The number of aliphatic hydroxyl groups is 1. The number of carbonyl (C=O) groups excluding carboxylic acids is 1. The highest BCUT2D eigenvalue weighted by molar-refractivity contribution is 5.77. The number of anilines is 1. The van der Waals surface area contributed by atoms with Gasteiger partial charge in [0.05, 0.1) is 0 Å². The van der Waals surface area contributed by atoms with Crippen molar-refractivity contribution in [2.24, 2.45) is 0 Å². The Bertz CT molecular complexity index is 885. The van der Waals surface area contributed by atoms with Crippen LogP contribution in [0.25, 0.3) is 0 Å². The van der Waals surface area contributed by atoms with Crippen LogP contribution in [0.5, 0.6) is 5.75 Å². The number of nitrogens with zero attached hydrogens (tertiary/aromatic N) is 4. The van der Waals surface area contributed by atoms with E-state index in [-0.39, 0.29) is 19.1 Å². The summed E-state index contributed by atoms with van der Waals surface area (Å²) in [6, 6.07) is 9.82. The fourth-order valence-electron chi connectivity index (χ4n) is 4.16. The van der Waals surface area contributed by atoms with Gasteiger partial charge in [0, 0.05) is 37.9 Å². The molecule has 2 aliphatic rings. The summed E-state index contributed by atoms with van der Waals surface area (Å²) in [5, 5.41) is 13.6. The highest BCUT2D eigenvalue weighted by Crippen LogP contribution is 2.25. The third-order valence-electron chi connectivity index (χ3n) is 5.96. The number of benzene rings is 1. The van der Waals surface area contributed by atoms with Crippen molar-refractivity contribution in [1.29, 1.82) is 0 Å². The molecule has 1 aromatic heterocycles. The average Bonchev–Trinajstić information content (AvgIpc) is 3.42. The molecule has 2 aromatic rings. The zero-order valence-electron chi connectivity index (χ0n) is 18.1. The van der Waals surface area contributed by atoms with Gasteiger partial charge >= 0.3 is 0 Å². The Morgan fingerprint density at radius 1 is 1.19 bits per heavy atom. The minimum Gasteiger partial charge on any atom is -0.484 e. The number of aryl methyl sites for hydroxylation is 1. The lowest BCUT2D eigenvalue weighted by molar-refractivity contribution is -0.124. The standard InChI is InChI=1S/C23H31N5O3/c1-18-12-21(26-17-25-18)28-11-8-23(30,16-28)15-24-22(29)14-31-20-6-4-19(5-7-20)13-27-9-2-3-10-27/h4-7,12,17,30H,2-3,8-11,13-16H2,1H3,(H,24,29)/t23-/m0/s1. The van der Waals surface area contributed by atoms with E-state index in [1.807, 2.05) is 30.0 Å². The summed E-state index contributed by atoms with van der Waals surface area (Å²) in [4.78, 5) is 25.1. The van der Waals surface area contributed by atoms with Crippen molar-refractivity contribution < 1.29 is 14.6 Å². The minimum absolute atomic E-state index is 0.0730. The zero-order chi connectivity index (χ0) is 21.7. The lowest BCUT2D eigenvalue weighted by Gasteiger charge is -2.24. The second-order valence-electron chi connectivity index (χ2n) is 8.61. The second kappa shape index (κ2) is 9.62. The van der Waals surface area contributed by atoms with E-state index < -0.39 is 5.60 Å². The van der Waals surface area contributed by atoms with Crippen LogP contribution in [0.2, 0.25) is 0 Å². The van der Waals surface area contributed by atoms with E-state index in [9.17, 15) is 9.90 Å². The number of ether oxygens (including phenoxy) is 1. The molecule has 8 heteroatoms. The average molecular weight is 426 g/mol. The first-order chi connectivity index (χ1) is 15.0. The molecule has 2 aliphatic heterocycles. The third-order valence-corrected chi connectivity index (χ3v) is 5.96. The van der Waals surface area contributed by atoms with Gasteiger partial charge in [-0.2, -0.15) is 0 Å². The van der Waals surface area contributed by atoms with Crippen LogP contribution in [0.1, 0.15) is 30.5 Å². The Balaban J connectivity index is 1.19. The molecule has 1 aromatic carbocycles. The molecule has 166 valence electrons. The smallest absolute Gasteiger partial charge is 0.258 e. The Morgan fingerprint density at radius 2 is 1.97 bits per heavy atom. The van der Waals surface area contributed by atoms with E-state index in [2.05, 4.69) is 32.3 Å². The van der Waals surface area contributed by atoms with E-state index in [4.69, 9.17) is 4.74 Å². The van der Waals surface area contributed by atoms with E-state index >= 15 is 0 Å². The van der Waals surface area contributed by atoms with Crippen molar-refractivity contribution >= 4 is 11.7 Å². The van der Waals surface area contributed by atoms with Crippen LogP contribution in [0.4, 0.5) is 5.82 Å². The lowest BCUT2D eigenvalue weighted by Crippen LogP contribution is -2.46. The summed E-state index contributed by atoms with van der Waals surface area (Å²) >= 11 is 0. The molecule has 2 fully saturated rings. The van der Waals surface area contributed by atoms with Crippen LogP contribution >= 0.6 is 0 Å². The van der Waals surface area contributed by atoms with Crippen LogP contribution in [-0.4, -0.2) is 70.8 Å². The first-order valence-electron chi connectivity index (χ1n) is 11.0. The fourth-order valence-corrected chi connectivity index (χ4v) is 4.16. The summed E-state index contributed by atoms with van der Waals surface area (Å²) < 4.78 is 5.61. The number of carbonyl (C=O) groups is 1. The van der Waals surface area contributed by atoms with E-state index in [1.54, 1.807) is 0 Å². The van der Waals surface area contributed by atoms with Crippen molar-refractivity contribution in [2.75, 3.05) is 44.2 Å². The molecule has 1 amide bonds. The molecule has 0 bridgehead atoms. The molecule has 0 saturated carbocycles. The maximum atomic E-state index is 12.2. The zero-order valence-corrected chi connectivity index (χ0v) is 18.1. The Morgan fingerprint density at radius 3 is 2.71 bits per heavy atom. The number of aromatic nitrogens is 2. The molecule has 31 heavy (non-hydrogen) atoms. The van der Waals surface area contributed by atoms with Gasteiger partial charge in [0.1, 0.15) is 23.5 Å². The molecule has 2 saturated heterocycles. The third kappa shape index (κ3) is 5.92. The van der Waals surface area contributed by atoms with Crippen LogP contribution < -0.4 is 15.0 Å². The lowest BCUT2D eigenvalue weighted by atomic mass is 10.0. The summed E-state index contributed by atoms with van der Waals surface area (Å²) in [6.45, 7) is 6.43. The van der Waals surface area contributed by atoms with Gasteiger partial charge in [-0.05, 0) is 57.0 Å². The van der Waals surface area contributed by atoms with Gasteiger partial charge in [-0.1, -0.05) is 12.1 Å². The highest BCUT2D eigenvalue weighted by Gasteiger charge is 2.37. The topological polar surface area (TPSA) is 90.8 Å². The second-order valence-corrected chi connectivity index (χ2v) is 8.61. The van der Waals surface area contributed by atoms with Crippen molar-refractivity contribution in [1.82, 2.24) is 20.2 Å². The fraction of sp³-hybridized carbons (Fsp3) is 0.522. The van der Waals surface area contributed by atoms with E-state index in [0.717, 1.165) is 18.1 Å². The van der Waals surface area contributed by atoms with Crippen LogP contribution in [0.3, 0.4) is 0 Å². The van der Waals surface area contributed by atoms with Gasteiger partial charge in [0.15, 0.2) is 6.61 Å². The largest absolute Gasteiger partial charge is 0.484 e. The van der Waals surface area contributed by atoms with E-state index in [0.29, 0.717) is 25.3 Å². The molecule has 8 nitrogen and oxygen atoms in total. The van der Waals surface area contributed by atoms with Crippen molar-refractivity contribution in [2.45, 2.75) is 38.3 Å². The number of β-amino-alcohol motifs (C(OH)–C–C–N with tert-alkyl or cyclic N) is 1. The summed E-state index contributed by atoms with van der Waals surface area (Å²) in [7, 11) is 0. The monoisotopic (exact) mass is 425 g/mol. The van der Waals surface area contributed by atoms with Crippen molar-refractivity contribution in [3.05, 3.63) is 47.9 Å². The van der Waals surface area contributed by atoms with Gasteiger partial charge in [0.2, 0.25) is 0 Å². The van der Waals surface area contributed by atoms with Crippen molar-refractivity contribution in [3.63, 3.8) is 0 Å². The Hall–Kier alpha value is -2.71. The van der Waals surface area contributed by atoms with Gasteiger partial charge in [-0.3, -0.25) is 9.69 Å². The Kier molecular flexibility index (Phi) is 6.67. The number of hydrogen-bond donors (Lipinski definition) is 2. The molecular weight excluding hydrogens is 394 g/mol. The molecule has 0 unspecified atom stereocenters. The molecule has 3 heterocycles. The highest BCUT2D eigenvalue weighted by atomic mass is 16.5. The normalized spacial score (nSPS) is 21.4. The summed E-state index contributed by atoms with van der Waals surface area (Å²) in [5.74, 6) is 1.22. The maximum absolute atomic E-state index is 12.2. The van der Waals surface area contributed by atoms with Crippen LogP contribution in [0.15, 0.2) is 36.7 Å². The molecule has 0 radical (unpaired) electrons. The maximum Gasteiger partial charge on any atom is 0.258 e. The number of hydrogen-bond acceptors (Lipinski definition) is 7. The number of nitrogens with one attached hydrogen (secondary N) is 1. The molecule has 4 rings (SSSR count). The van der Waals surface area contributed by atoms with Gasteiger partial charge < -0.3 is 20.1 Å². The first kappa shape index (κ1) is 21.5.